The van der Waals surface area contributed by atoms with Crippen molar-refractivity contribution in [1.29, 1.82) is 0 Å². The van der Waals surface area contributed by atoms with E-state index in [9.17, 15) is 13.2 Å². The van der Waals surface area contributed by atoms with Crippen molar-refractivity contribution < 1.29 is 17.9 Å². The number of carbonyl (C=O) groups is 1. The fourth-order valence-corrected chi connectivity index (χ4v) is 4.75. The summed E-state index contributed by atoms with van der Waals surface area (Å²) < 4.78 is 33.8. The van der Waals surface area contributed by atoms with E-state index in [-0.39, 0.29) is 16.8 Å². The van der Waals surface area contributed by atoms with Crippen molar-refractivity contribution in [2.75, 3.05) is 4.72 Å². The largest absolute Gasteiger partial charge is 0.481 e. The van der Waals surface area contributed by atoms with Gasteiger partial charge in [-0.2, -0.15) is 0 Å². The summed E-state index contributed by atoms with van der Waals surface area (Å²) in [6.07, 6.45) is 5.63. The van der Waals surface area contributed by atoms with E-state index < -0.39 is 16.1 Å². The number of rotatable bonds is 8. The van der Waals surface area contributed by atoms with Crippen molar-refractivity contribution in [3.63, 3.8) is 0 Å². The predicted octanol–water partition coefficient (Wildman–Crippen LogP) is 4.27. The third-order valence-electron chi connectivity index (χ3n) is 5.41. The van der Waals surface area contributed by atoms with Gasteiger partial charge in [0, 0.05) is 6.04 Å². The molecule has 2 N–H and O–H groups in total. The molecule has 0 saturated heterocycles. The Kier molecular flexibility index (Phi) is 7.37. The molecule has 30 heavy (non-hydrogen) atoms. The highest BCUT2D eigenvalue weighted by atomic mass is 32.2. The van der Waals surface area contributed by atoms with Crippen molar-refractivity contribution in [3.8, 4) is 5.75 Å². The van der Waals surface area contributed by atoms with E-state index in [1.165, 1.54) is 18.6 Å². The van der Waals surface area contributed by atoms with Gasteiger partial charge in [-0.05, 0) is 62.1 Å². The molecule has 1 aliphatic carbocycles. The summed E-state index contributed by atoms with van der Waals surface area (Å²) in [5.41, 5.74) is 1.51. The van der Waals surface area contributed by atoms with Crippen LogP contribution in [0.15, 0.2) is 53.4 Å². The Morgan fingerprint density at radius 1 is 1.07 bits per heavy atom. The number of para-hydroxylation sites is 1. The molecule has 0 heterocycles. The number of hydrogen-bond donors (Lipinski definition) is 2. The van der Waals surface area contributed by atoms with E-state index in [1.807, 2.05) is 19.1 Å². The number of benzene rings is 2. The van der Waals surface area contributed by atoms with Crippen LogP contribution in [-0.4, -0.2) is 26.5 Å². The van der Waals surface area contributed by atoms with Gasteiger partial charge < -0.3 is 10.1 Å². The lowest BCUT2D eigenvalue weighted by molar-refractivity contribution is -0.128. The minimum Gasteiger partial charge on any atom is -0.481 e. The normalized spacial score (nSPS) is 15.9. The first-order valence-corrected chi connectivity index (χ1v) is 12.0. The molecule has 1 saturated carbocycles. The maximum absolute atomic E-state index is 12.7. The van der Waals surface area contributed by atoms with E-state index >= 15 is 0 Å². The molecular weight excluding hydrogens is 400 g/mol. The highest BCUT2D eigenvalue weighted by Gasteiger charge is 2.21. The van der Waals surface area contributed by atoms with E-state index in [0.717, 1.165) is 37.7 Å². The quantitative estimate of drug-likeness (QED) is 0.655. The zero-order chi connectivity index (χ0) is 21.6. The van der Waals surface area contributed by atoms with Crippen molar-refractivity contribution in [3.05, 3.63) is 54.1 Å². The third kappa shape index (κ3) is 5.75. The SMILES string of the molecule is CCc1ccccc1NS(=O)(=O)c1ccc(O[C@H](C)C(=O)NC2CCCCC2)cc1. The molecule has 1 atom stereocenters. The summed E-state index contributed by atoms with van der Waals surface area (Å²) in [4.78, 5) is 12.5. The first-order valence-electron chi connectivity index (χ1n) is 10.6. The van der Waals surface area contributed by atoms with E-state index in [4.69, 9.17) is 4.74 Å². The number of ether oxygens (including phenoxy) is 1. The Bertz CT molecular complexity index is 951. The molecule has 0 spiro atoms. The van der Waals surface area contributed by atoms with E-state index in [2.05, 4.69) is 10.0 Å². The maximum Gasteiger partial charge on any atom is 0.261 e. The molecule has 1 amide bonds. The molecule has 0 unspecified atom stereocenters. The molecule has 0 radical (unpaired) electrons. The Labute approximate surface area is 179 Å². The van der Waals surface area contributed by atoms with Crippen molar-refractivity contribution in [2.24, 2.45) is 0 Å². The molecule has 2 aromatic rings. The van der Waals surface area contributed by atoms with Crippen molar-refractivity contribution in [1.82, 2.24) is 5.32 Å². The van der Waals surface area contributed by atoms with Crippen LogP contribution in [0.25, 0.3) is 0 Å². The van der Waals surface area contributed by atoms with Crippen LogP contribution in [0.1, 0.15) is 51.5 Å². The Hall–Kier alpha value is -2.54. The molecule has 0 aromatic heterocycles. The fraction of sp³-hybridized carbons (Fsp3) is 0.435. The van der Waals surface area contributed by atoms with Crippen LogP contribution in [0.4, 0.5) is 5.69 Å². The third-order valence-corrected chi connectivity index (χ3v) is 6.79. The summed E-state index contributed by atoms with van der Waals surface area (Å²) in [5, 5.41) is 3.04. The second kappa shape index (κ2) is 9.98. The smallest absolute Gasteiger partial charge is 0.261 e. The van der Waals surface area contributed by atoms with Gasteiger partial charge in [-0.15, -0.1) is 0 Å². The predicted molar refractivity (Wildman–Crippen MR) is 118 cm³/mol. The zero-order valence-corrected chi connectivity index (χ0v) is 18.4. The standard InChI is InChI=1S/C23H30N2O4S/c1-3-18-9-7-8-12-22(18)25-30(27,28)21-15-13-20(14-16-21)29-17(2)23(26)24-19-10-5-4-6-11-19/h7-9,12-17,19,25H,3-6,10-11H2,1-2H3,(H,24,26)/t17-/m1/s1. The number of hydrogen-bond acceptors (Lipinski definition) is 4. The minimum atomic E-state index is -3.71. The van der Waals surface area contributed by atoms with Gasteiger partial charge in [-0.3, -0.25) is 9.52 Å². The Morgan fingerprint density at radius 3 is 2.40 bits per heavy atom. The summed E-state index contributed by atoms with van der Waals surface area (Å²) in [5.74, 6) is 0.311. The van der Waals surface area contributed by atoms with Crippen LogP contribution in [0.5, 0.6) is 5.75 Å². The second-order valence-corrected chi connectivity index (χ2v) is 9.37. The Morgan fingerprint density at radius 2 is 1.73 bits per heavy atom. The van der Waals surface area contributed by atoms with Crippen molar-refractivity contribution in [2.45, 2.75) is 69.4 Å². The lowest BCUT2D eigenvalue weighted by atomic mass is 9.95. The number of carbonyl (C=O) groups excluding carboxylic acids is 1. The summed E-state index contributed by atoms with van der Waals surface area (Å²) in [6.45, 7) is 3.68. The molecule has 1 aliphatic rings. The van der Waals surface area contributed by atoms with Gasteiger partial charge in [0.1, 0.15) is 5.75 Å². The van der Waals surface area contributed by atoms with Crippen molar-refractivity contribution >= 4 is 21.6 Å². The van der Waals surface area contributed by atoms with Gasteiger partial charge in [0.2, 0.25) is 0 Å². The van der Waals surface area contributed by atoms with E-state index in [0.29, 0.717) is 11.4 Å². The highest BCUT2D eigenvalue weighted by molar-refractivity contribution is 7.92. The van der Waals surface area contributed by atoms with Gasteiger partial charge >= 0.3 is 0 Å². The first-order chi connectivity index (χ1) is 14.4. The molecule has 0 bridgehead atoms. The Balaban J connectivity index is 1.61. The van der Waals surface area contributed by atoms with Crippen LogP contribution in [0.3, 0.4) is 0 Å². The first kappa shape index (κ1) is 22.2. The molecular formula is C23H30N2O4S. The summed E-state index contributed by atoms with van der Waals surface area (Å²) >= 11 is 0. The van der Waals surface area contributed by atoms with Crippen LogP contribution in [0.2, 0.25) is 0 Å². The topological polar surface area (TPSA) is 84.5 Å². The number of aryl methyl sites for hydroxylation is 1. The van der Waals surface area contributed by atoms with Gasteiger partial charge in [-0.1, -0.05) is 44.4 Å². The molecule has 162 valence electrons. The fourth-order valence-electron chi connectivity index (χ4n) is 3.65. The van der Waals surface area contributed by atoms with Gasteiger partial charge in [0.25, 0.3) is 15.9 Å². The maximum atomic E-state index is 12.7. The molecule has 6 nitrogen and oxygen atoms in total. The van der Waals surface area contributed by atoms with Gasteiger partial charge in [0.15, 0.2) is 6.10 Å². The molecule has 7 heteroatoms. The monoisotopic (exact) mass is 430 g/mol. The lowest BCUT2D eigenvalue weighted by Gasteiger charge is -2.24. The molecule has 1 fully saturated rings. The highest BCUT2D eigenvalue weighted by Crippen LogP contribution is 2.23. The minimum absolute atomic E-state index is 0.139. The average Bonchev–Trinajstić information content (AvgIpc) is 2.75. The second-order valence-electron chi connectivity index (χ2n) is 7.69. The molecule has 2 aromatic carbocycles. The zero-order valence-electron chi connectivity index (χ0n) is 17.6. The van der Waals surface area contributed by atoms with Gasteiger partial charge in [0.05, 0.1) is 10.6 Å². The van der Waals surface area contributed by atoms with Crippen LogP contribution >= 0.6 is 0 Å². The van der Waals surface area contributed by atoms with Crippen LogP contribution in [0, 0.1) is 0 Å². The average molecular weight is 431 g/mol. The van der Waals surface area contributed by atoms with E-state index in [1.54, 1.807) is 31.2 Å². The van der Waals surface area contributed by atoms with Crippen LogP contribution in [-0.2, 0) is 21.2 Å². The summed E-state index contributed by atoms with van der Waals surface area (Å²) in [7, 11) is -3.71. The van der Waals surface area contributed by atoms with Crippen LogP contribution < -0.4 is 14.8 Å². The summed E-state index contributed by atoms with van der Waals surface area (Å²) in [6, 6.07) is 13.7. The number of nitrogens with one attached hydrogen (secondary N) is 2. The molecule has 3 rings (SSSR count). The lowest BCUT2D eigenvalue weighted by Crippen LogP contribution is -2.43. The van der Waals surface area contributed by atoms with Gasteiger partial charge in [-0.25, -0.2) is 8.42 Å². The number of amides is 1. The number of anilines is 1. The molecule has 0 aliphatic heterocycles. The number of sulfonamides is 1.